The highest BCUT2D eigenvalue weighted by Gasteiger charge is 2.33. The van der Waals surface area contributed by atoms with Crippen LogP contribution in [0.25, 0.3) is 11.3 Å². The second-order valence-electron chi connectivity index (χ2n) is 5.66. The molecule has 0 bridgehead atoms. The highest BCUT2D eigenvalue weighted by atomic mass is 35.5. The van der Waals surface area contributed by atoms with Gasteiger partial charge in [-0.25, -0.2) is 9.89 Å². The highest BCUT2D eigenvalue weighted by molar-refractivity contribution is 6.31. The zero-order chi connectivity index (χ0) is 20.3. The number of carbonyl (C=O) groups excluding carboxylic acids is 1. The summed E-state index contributed by atoms with van der Waals surface area (Å²) in [7, 11) is 0. The van der Waals surface area contributed by atoms with Crippen molar-refractivity contribution >= 4 is 29.0 Å². The molecule has 10 heteroatoms. The molecule has 28 heavy (non-hydrogen) atoms. The molecule has 0 atom stereocenters. The molecule has 2 aromatic carbocycles. The van der Waals surface area contributed by atoms with E-state index in [-0.39, 0.29) is 11.2 Å². The number of aromatic nitrogens is 2. The lowest BCUT2D eigenvalue weighted by atomic mass is 10.1. The molecule has 0 saturated carbocycles. The van der Waals surface area contributed by atoms with E-state index in [9.17, 15) is 22.8 Å². The number of urea groups is 1. The first-order valence-electron chi connectivity index (χ1n) is 7.83. The van der Waals surface area contributed by atoms with Crippen LogP contribution in [0.15, 0.2) is 59.4 Å². The summed E-state index contributed by atoms with van der Waals surface area (Å²) in [5.41, 5.74) is 0.240. The van der Waals surface area contributed by atoms with Gasteiger partial charge in [0, 0.05) is 23.0 Å². The fraction of sp³-hybridized carbons (Fsp3) is 0.0556. The molecule has 3 aromatic rings. The van der Waals surface area contributed by atoms with Crippen molar-refractivity contribution in [2.75, 3.05) is 10.6 Å². The summed E-state index contributed by atoms with van der Waals surface area (Å²) in [6, 6.07) is 11.8. The molecule has 2 amide bonds. The van der Waals surface area contributed by atoms with Crippen LogP contribution in [0, 0.1) is 0 Å². The van der Waals surface area contributed by atoms with Crippen LogP contribution < -0.4 is 16.2 Å². The van der Waals surface area contributed by atoms with Crippen molar-refractivity contribution in [2.45, 2.75) is 6.18 Å². The Balaban J connectivity index is 1.68. The minimum absolute atomic E-state index is 0.0525. The lowest BCUT2D eigenvalue weighted by molar-refractivity contribution is -0.137. The molecule has 0 saturated heterocycles. The number of rotatable bonds is 3. The quantitative estimate of drug-likeness (QED) is 0.584. The smallest absolute Gasteiger partial charge is 0.308 e. The van der Waals surface area contributed by atoms with Crippen molar-refractivity contribution in [3.05, 3.63) is 75.5 Å². The molecule has 1 heterocycles. The van der Waals surface area contributed by atoms with E-state index in [4.69, 9.17) is 11.6 Å². The Morgan fingerprint density at radius 1 is 0.964 bits per heavy atom. The molecule has 0 aliphatic carbocycles. The van der Waals surface area contributed by atoms with Crippen LogP contribution in [-0.4, -0.2) is 16.2 Å². The second kappa shape index (κ2) is 7.73. The zero-order valence-electron chi connectivity index (χ0n) is 14.0. The van der Waals surface area contributed by atoms with E-state index in [1.54, 1.807) is 30.3 Å². The maximum absolute atomic E-state index is 12.9. The first-order valence-corrected chi connectivity index (χ1v) is 8.21. The third-order valence-electron chi connectivity index (χ3n) is 3.65. The van der Waals surface area contributed by atoms with Crippen LogP contribution >= 0.6 is 11.6 Å². The van der Waals surface area contributed by atoms with Crippen LogP contribution in [0.5, 0.6) is 0 Å². The van der Waals surface area contributed by atoms with Crippen LogP contribution in [0.3, 0.4) is 0 Å². The topological polar surface area (TPSA) is 86.9 Å². The van der Waals surface area contributed by atoms with E-state index in [0.29, 0.717) is 16.9 Å². The summed E-state index contributed by atoms with van der Waals surface area (Å²) < 4.78 is 38.6. The van der Waals surface area contributed by atoms with Gasteiger partial charge in [-0.15, -0.1) is 0 Å². The molecule has 1 aromatic heterocycles. The Bertz CT molecular complexity index is 1050. The van der Waals surface area contributed by atoms with E-state index in [2.05, 4.69) is 20.8 Å². The first-order chi connectivity index (χ1) is 13.2. The van der Waals surface area contributed by atoms with E-state index < -0.39 is 22.8 Å². The number of nitrogens with zero attached hydrogens (tertiary/aromatic N) is 1. The van der Waals surface area contributed by atoms with Gasteiger partial charge in [0.1, 0.15) is 0 Å². The summed E-state index contributed by atoms with van der Waals surface area (Å²) in [6.45, 7) is 0. The summed E-state index contributed by atoms with van der Waals surface area (Å²) in [5.74, 6) is 0. The predicted molar refractivity (Wildman–Crippen MR) is 99.4 cm³/mol. The lowest BCUT2D eigenvalue weighted by Gasteiger charge is -2.12. The van der Waals surface area contributed by atoms with Crippen LogP contribution in [0.2, 0.25) is 5.02 Å². The zero-order valence-corrected chi connectivity index (χ0v) is 14.7. The van der Waals surface area contributed by atoms with Crippen LogP contribution in [0.1, 0.15) is 5.56 Å². The molecule has 6 nitrogen and oxygen atoms in total. The lowest BCUT2D eigenvalue weighted by Crippen LogP contribution is -2.19. The minimum Gasteiger partial charge on any atom is -0.308 e. The maximum atomic E-state index is 12.9. The van der Waals surface area contributed by atoms with Crippen molar-refractivity contribution in [3.63, 3.8) is 0 Å². The second-order valence-corrected chi connectivity index (χ2v) is 6.06. The number of carbonyl (C=O) groups is 1. The fourth-order valence-electron chi connectivity index (χ4n) is 2.34. The van der Waals surface area contributed by atoms with Gasteiger partial charge in [-0.1, -0.05) is 23.7 Å². The van der Waals surface area contributed by atoms with Crippen LogP contribution in [0.4, 0.5) is 29.3 Å². The predicted octanol–water partition coefficient (Wildman–Crippen LogP) is 4.75. The fourth-order valence-corrected chi connectivity index (χ4v) is 2.57. The molecular formula is C18H12ClF3N4O2. The minimum atomic E-state index is -4.63. The SMILES string of the molecule is O=C(Nc1ccc(-c2ccc(=O)[nH]n2)cc1)Nc1ccc(Cl)c(C(F)(F)F)c1. The number of anilines is 2. The summed E-state index contributed by atoms with van der Waals surface area (Å²) in [6.07, 6.45) is -4.63. The molecule has 0 spiro atoms. The molecule has 3 rings (SSSR count). The Morgan fingerprint density at radius 3 is 2.21 bits per heavy atom. The molecule has 144 valence electrons. The number of alkyl halides is 3. The Morgan fingerprint density at radius 2 is 1.61 bits per heavy atom. The number of benzene rings is 2. The number of H-pyrrole nitrogens is 1. The van der Waals surface area contributed by atoms with Gasteiger partial charge < -0.3 is 10.6 Å². The number of aromatic amines is 1. The number of halogens is 4. The normalized spacial score (nSPS) is 11.1. The largest absolute Gasteiger partial charge is 0.417 e. The van der Waals surface area contributed by atoms with Crippen molar-refractivity contribution in [2.24, 2.45) is 0 Å². The van der Waals surface area contributed by atoms with Gasteiger partial charge in [-0.3, -0.25) is 4.79 Å². The monoisotopic (exact) mass is 408 g/mol. The summed E-state index contributed by atoms with van der Waals surface area (Å²) >= 11 is 5.55. The van der Waals surface area contributed by atoms with E-state index in [0.717, 1.165) is 12.1 Å². The van der Waals surface area contributed by atoms with Gasteiger partial charge in [0.25, 0.3) is 5.56 Å². The Hall–Kier alpha value is -3.33. The molecule has 0 radical (unpaired) electrons. The standard InChI is InChI=1S/C18H12ClF3N4O2/c19-14-6-5-12(9-13(14)18(20,21)22)24-17(28)23-11-3-1-10(2-4-11)15-7-8-16(27)26-25-15/h1-9H,(H,26,27)(H2,23,24,28). The molecule has 0 unspecified atom stereocenters. The van der Waals surface area contributed by atoms with Gasteiger partial charge in [-0.05, 0) is 36.4 Å². The van der Waals surface area contributed by atoms with Gasteiger partial charge in [0.2, 0.25) is 0 Å². The summed E-state index contributed by atoms with van der Waals surface area (Å²) in [4.78, 5) is 23.1. The third-order valence-corrected chi connectivity index (χ3v) is 3.98. The molecule has 0 aliphatic rings. The average molecular weight is 409 g/mol. The van der Waals surface area contributed by atoms with Crippen molar-refractivity contribution < 1.29 is 18.0 Å². The van der Waals surface area contributed by atoms with Gasteiger partial charge in [0.05, 0.1) is 16.3 Å². The van der Waals surface area contributed by atoms with Crippen LogP contribution in [-0.2, 0) is 6.18 Å². The van der Waals surface area contributed by atoms with Crippen molar-refractivity contribution in [3.8, 4) is 11.3 Å². The third kappa shape index (κ3) is 4.68. The van der Waals surface area contributed by atoms with Gasteiger partial charge in [-0.2, -0.15) is 18.3 Å². The first kappa shape index (κ1) is 19.4. The highest BCUT2D eigenvalue weighted by Crippen LogP contribution is 2.36. The van der Waals surface area contributed by atoms with E-state index in [1.165, 1.54) is 12.1 Å². The van der Waals surface area contributed by atoms with E-state index >= 15 is 0 Å². The van der Waals surface area contributed by atoms with Crippen molar-refractivity contribution in [1.82, 2.24) is 10.2 Å². The Kier molecular flexibility index (Phi) is 5.36. The number of hydrogen-bond acceptors (Lipinski definition) is 3. The Labute approximate surface area is 161 Å². The molecule has 0 aliphatic heterocycles. The molecule has 0 fully saturated rings. The van der Waals surface area contributed by atoms with E-state index in [1.807, 2.05) is 0 Å². The van der Waals surface area contributed by atoms with Gasteiger partial charge >= 0.3 is 12.2 Å². The molecule has 3 N–H and O–H groups in total. The van der Waals surface area contributed by atoms with Gasteiger partial charge in [0.15, 0.2) is 0 Å². The molecular weight excluding hydrogens is 397 g/mol. The number of amides is 2. The number of nitrogens with one attached hydrogen (secondary N) is 3. The summed E-state index contributed by atoms with van der Waals surface area (Å²) in [5, 5.41) is 10.6. The average Bonchev–Trinajstić information content (AvgIpc) is 2.64. The van der Waals surface area contributed by atoms with Crippen molar-refractivity contribution in [1.29, 1.82) is 0 Å². The maximum Gasteiger partial charge on any atom is 0.417 e. The number of hydrogen-bond donors (Lipinski definition) is 3.